The molecule has 5 heteroatoms. The molecule has 1 heterocycles. The number of pyridine rings is 1. The van der Waals surface area contributed by atoms with Gasteiger partial charge in [0.2, 0.25) is 0 Å². The summed E-state index contributed by atoms with van der Waals surface area (Å²) in [6.07, 6.45) is 6.49. The first-order valence-corrected chi connectivity index (χ1v) is 8.50. The van der Waals surface area contributed by atoms with Crippen LogP contribution in [0.5, 0.6) is 0 Å². The van der Waals surface area contributed by atoms with Crippen LogP contribution in [0.1, 0.15) is 25.7 Å². The lowest BCUT2D eigenvalue weighted by Crippen LogP contribution is -2.36. The predicted molar refractivity (Wildman–Crippen MR) is 92.8 cm³/mol. The van der Waals surface area contributed by atoms with Gasteiger partial charge in [-0.2, -0.15) is 0 Å². The van der Waals surface area contributed by atoms with Gasteiger partial charge in [0.25, 0.3) is 0 Å². The molecular formula is C17H21BrFN3. The van der Waals surface area contributed by atoms with Gasteiger partial charge in [0, 0.05) is 35.4 Å². The molecule has 1 fully saturated rings. The summed E-state index contributed by atoms with van der Waals surface area (Å²) in [7, 11) is 4.31. The van der Waals surface area contributed by atoms with Gasteiger partial charge in [0.15, 0.2) is 0 Å². The van der Waals surface area contributed by atoms with E-state index in [-0.39, 0.29) is 5.82 Å². The molecule has 1 N–H and O–H groups in total. The lowest BCUT2D eigenvalue weighted by molar-refractivity contribution is 0.221. The molecule has 1 saturated carbocycles. The van der Waals surface area contributed by atoms with Crippen LogP contribution in [0, 0.1) is 5.82 Å². The second-order valence-corrected chi connectivity index (χ2v) is 7.11. The summed E-state index contributed by atoms with van der Waals surface area (Å²) in [5, 5.41) is 4.59. The van der Waals surface area contributed by atoms with Crippen LogP contribution >= 0.6 is 15.9 Å². The van der Waals surface area contributed by atoms with Crippen LogP contribution in [0.4, 0.5) is 10.1 Å². The second kappa shape index (κ2) is 6.50. The number of aromatic nitrogens is 1. The van der Waals surface area contributed by atoms with Gasteiger partial charge in [-0.1, -0.05) is 0 Å². The van der Waals surface area contributed by atoms with Crippen molar-refractivity contribution in [2.75, 3.05) is 19.4 Å². The van der Waals surface area contributed by atoms with Gasteiger partial charge in [-0.15, -0.1) is 0 Å². The van der Waals surface area contributed by atoms with Gasteiger partial charge in [-0.05, 0) is 67.8 Å². The molecule has 3 nitrogen and oxygen atoms in total. The summed E-state index contributed by atoms with van der Waals surface area (Å²) in [5.41, 5.74) is 1.73. The summed E-state index contributed by atoms with van der Waals surface area (Å²) in [6, 6.07) is 6.44. The fraction of sp³-hybridized carbons (Fsp3) is 0.471. The van der Waals surface area contributed by atoms with E-state index < -0.39 is 0 Å². The van der Waals surface area contributed by atoms with Crippen LogP contribution in [0.25, 0.3) is 10.9 Å². The van der Waals surface area contributed by atoms with E-state index in [4.69, 9.17) is 0 Å². The first-order chi connectivity index (χ1) is 10.5. The maximum Gasteiger partial charge on any atom is 0.139 e. The molecule has 1 aromatic carbocycles. The first-order valence-electron chi connectivity index (χ1n) is 7.71. The number of benzene rings is 1. The van der Waals surface area contributed by atoms with E-state index in [1.165, 1.54) is 18.9 Å². The fourth-order valence-electron chi connectivity index (χ4n) is 3.22. The van der Waals surface area contributed by atoms with Crippen LogP contribution in [-0.2, 0) is 0 Å². The number of halogens is 2. The molecule has 0 bridgehead atoms. The molecule has 0 aliphatic heterocycles. The quantitative estimate of drug-likeness (QED) is 0.872. The van der Waals surface area contributed by atoms with E-state index in [9.17, 15) is 4.39 Å². The fourth-order valence-corrected chi connectivity index (χ4v) is 3.57. The Balaban J connectivity index is 1.79. The maximum absolute atomic E-state index is 13.6. The Bertz CT molecular complexity index is 666. The van der Waals surface area contributed by atoms with Crippen LogP contribution < -0.4 is 5.32 Å². The van der Waals surface area contributed by atoms with Crippen molar-refractivity contribution in [2.45, 2.75) is 37.8 Å². The number of fused-ring (bicyclic) bond motifs is 1. The third-order valence-corrected chi connectivity index (χ3v) is 5.18. The highest BCUT2D eigenvalue weighted by Gasteiger charge is 2.22. The molecule has 0 saturated heterocycles. The second-order valence-electron chi connectivity index (χ2n) is 6.26. The number of rotatable bonds is 3. The minimum absolute atomic E-state index is 0.274. The number of anilines is 1. The minimum Gasteiger partial charge on any atom is -0.382 e. The van der Waals surface area contributed by atoms with Gasteiger partial charge in [-0.3, -0.25) is 4.98 Å². The molecule has 1 aromatic heterocycles. The van der Waals surface area contributed by atoms with E-state index in [0.29, 0.717) is 22.1 Å². The average Bonchev–Trinajstić information content (AvgIpc) is 2.50. The Labute approximate surface area is 139 Å². The normalized spacial score (nSPS) is 22.2. The Kier molecular flexibility index (Phi) is 4.64. The Morgan fingerprint density at radius 2 is 1.95 bits per heavy atom. The highest BCUT2D eigenvalue weighted by Crippen LogP contribution is 2.30. The summed E-state index contributed by atoms with van der Waals surface area (Å²) >= 11 is 3.26. The van der Waals surface area contributed by atoms with Crippen LogP contribution in [0.3, 0.4) is 0 Å². The summed E-state index contributed by atoms with van der Waals surface area (Å²) < 4.78 is 14.1. The van der Waals surface area contributed by atoms with Gasteiger partial charge in [0.1, 0.15) is 5.82 Å². The Morgan fingerprint density at radius 1 is 1.23 bits per heavy atom. The van der Waals surface area contributed by atoms with Crippen LogP contribution in [-0.4, -0.2) is 36.1 Å². The van der Waals surface area contributed by atoms with Crippen molar-refractivity contribution >= 4 is 32.5 Å². The zero-order valence-corrected chi connectivity index (χ0v) is 14.5. The number of hydrogen-bond acceptors (Lipinski definition) is 3. The maximum atomic E-state index is 13.6. The summed E-state index contributed by atoms with van der Waals surface area (Å²) in [6.45, 7) is 0. The zero-order valence-electron chi connectivity index (χ0n) is 12.9. The molecule has 3 rings (SSSR count). The van der Waals surface area contributed by atoms with E-state index in [1.54, 1.807) is 6.20 Å². The molecule has 2 aromatic rings. The smallest absolute Gasteiger partial charge is 0.139 e. The number of hydrogen-bond donors (Lipinski definition) is 1. The standard InChI is InChI=1S/C17H21BrFN3/c1-22(2)12-5-3-11(4-6-12)21-16-7-8-20-17-10-15(19)14(18)9-13(16)17/h7-12H,3-6H2,1-2H3,(H,20,21). The van der Waals surface area contributed by atoms with Crippen molar-refractivity contribution in [1.82, 2.24) is 9.88 Å². The van der Waals surface area contributed by atoms with E-state index in [0.717, 1.165) is 23.9 Å². The number of nitrogens with zero attached hydrogens (tertiary/aromatic N) is 2. The van der Waals surface area contributed by atoms with Gasteiger partial charge < -0.3 is 10.2 Å². The SMILES string of the molecule is CN(C)C1CCC(Nc2ccnc3cc(F)c(Br)cc23)CC1. The van der Waals surface area contributed by atoms with Crippen molar-refractivity contribution in [3.63, 3.8) is 0 Å². The monoisotopic (exact) mass is 365 g/mol. The highest BCUT2D eigenvalue weighted by molar-refractivity contribution is 9.10. The van der Waals surface area contributed by atoms with Gasteiger partial charge in [-0.25, -0.2) is 4.39 Å². The number of nitrogens with one attached hydrogen (secondary N) is 1. The summed E-state index contributed by atoms with van der Waals surface area (Å²) in [4.78, 5) is 6.58. The van der Waals surface area contributed by atoms with Crippen LogP contribution in [0.15, 0.2) is 28.9 Å². The van der Waals surface area contributed by atoms with Crippen molar-refractivity contribution in [1.29, 1.82) is 0 Å². The first kappa shape index (κ1) is 15.7. The minimum atomic E-state index is -0.274. The van der Waals surface area contributed by atoms with Crippen LogP contribution in [0.2, 0.25) is 0 Å². The van der Waals surface area contributed by atoms with Crippen molar-refractivity contribution < 1.29 is 4.39 Å². The van der Waals surface area contributed by atoms with Crippen molar-refractivity contribution in [2.24, 2.45) is 0 Å². The third-order valence-electron chi connectivity index (χ3n) is 4.57. The molecule has 1 aliphatic rings. The molecule has 0 amide bonds. The third kappa shape index (κ3) is 3.25. The van der Waals surface area contributed by atoms with Crippen molar-refractivity contribution in [3.8, 4) is 0 Å². The van der Waals surface area contributed by atoms with E-state index >= 15 is 0 Å². The molecule has 0 spiro atoms. The van der Waals surface area contributed by atoms with Gasteiger partial charge in [0.05, 0.1) is 9.99 Å². The molecule has 118 valence electrons. The predicted octanol–water partition coefficient (Wildman–Crippen LogP) is 4.42. The molecule has 22 heavy (non-hydrogen) atoms. The molecule has 0 radical (unpaired) electrons. The van der Waals surface area contributed by atoms with Crippen molar-refractivity contribution in [3.05, 3.63) is 34.7 Å². The lowest BCUT2D eigenvalue weighted by atomic mass is 9.90. The topological polar surface area (TPSA) is 28.2 Å². The largest absolute Gasteiger partial charge is 0.382 e. The van der Waals surface area contributed by atoms with E-state index in [1.807, 2.05) is 12.1 Å². The van der Waals surface area contributed by atoms with Gasteiger partial charge >= 0.3 is 0 Å². The summed E-state index contributed by atoms with van der Waals surface area (Å²) in [5.74, 6) is -0.274. The average molecular weight is 366 g/mol. The molecular weight excluding hydrogens is 345 g/mol. The molecule has 0 unspecified atom stereocenters. The Morgan fingerprint density at radius 3 is 2.64 bits per heavy atom. The highest BCUT2D eigenvalue weighted by atomic mass is 79.9. The molecule has 1 aliphatic carbocycles. The Hall–Kier alpha value is -1.20. The lowest BCUT2D eigenvalue weighted by Gasteiger charge is -2.33. The zero-order chi connectivity index (χ0) is 15.7. The molecule has 0 atom stereocenters. The van der Waals surface area contributed by atoms with E-state index in [2.05, 4.69) is 45.2 Å².